The summed E-state index contributed by atoms with van der Waals surface area (Å²) in [6, 6.07) is 0.547. The molecular weight excluding hydrogens is 301 g/mol. The smallest absolute Gasteiger partial charge is 0.406 e. The Hall–Kier alpha value is -1.83. The van der Waals surface area contributed by atoms with Crippen LogP contribution in [0.3, 0.4) is 0 Å². The van der Waals surface area contributed by atoms with Crippen molar-refractivity contribution in [2.24, 2.45) is 0 Å². The van der Waals surface area contributed by atoms with Gasteiger partial charge in [-0.05, 0) is 33.9 Å². The van der Waals surface area contributed by atoms with Crippen molar-refractivity contribution in [3.05, 3.63) is 23.0 Å². The van der Waals surface area contributed by atoms with Gasteiger partial charge >= 0.3 is 12.1 Å². The van der Waals surface area contributed by atoms with Gasteiger partial charge in [-0.25, -0.2) is 0 Å². The highest BCUT2D eigenvalue weighted by atomic mass is 19.4. The van der Waals surface area contributed by atoms with Crippen LogP contribution in [0.5, 0.6) is 0 Å². The summed E-state index contributed by atoms with van der Waals surface area (Å²) < 4.78 is 38.6. The number of nitrogens with zero attached hydrogens (tertiary/aromatic N) is 2. The highest BCUT2D eigenvalue weighted by molar-refractivity contribution is 5.99. The number of hydrogen-bond acceptors (Lipinski definition) is 3. The van der Waals surface area contributed by atoms with Crippen LogP contribution in [0.4, 0.5) is 13.2 Å². The largest absolute Gasteiger partial charge is 0.480 e. The van der Waals surface area contributed by atoms with Crippen molar-refractivity contribution >= 4 is 11.8 Å². The molecule has 1 unspecified atom stereocenters. The van der Waals surface area contributed by atoms with E-state index in [1.807, 2.05) is 0 Å². The zero-order valence-corrected chi connectivity index (χ0v) is 12.9. The molecule has 0 spiro atoms. The summed E-state index contributed by atoms with van der Waals surface area (Å²) in [6.07, 6.45) is -4.37. The number of carbonyl (C=O) groups excluding carboxylic acids is 1. The van der Waals surface area contributed by atoms with Crippen LogP contribution in [0.2, 0.25) is 0 Å². The van der Waals surface area contributed by atoms with Crippen LogP contribution in [0.25, 0.3) is 0 Å². The molecule has 8 heteroatoms. The minimum atomic E-state index is -4.37. The second-order valence-corrected chi connectivity index (χ2v) is 5.34. The summed E-state index contributed by atoms with van der Waals surface area (Å²) >= 11 is 0. The van der Waals surface area contributed by atoms with E-state index in [1.54, 1.807) is 0 Å². The molecule has 0 aliphatic carbocycles. The van der Waals surface area contributed by atoms with Crippen molar-refractivity contribution in [2.75, 3.05) is 13.6 Å². The fraction of sp³-hybridized carbons (Fsp3) is 0.571. The van der Waals surface area contributed by atoms with Crippen molar-refractivity contribution in [1.29, 1.82) is 0 Å². The van der Waals surface area contributed by atoms with E-state index in [4.69, 9.17) is 5.11 Å². The minimum Gasteiger partial charge on any atom is -0.480 e. The SMILES string of the molecule is Cc1cc(C(=O)CN(C)C(C)C(=O)O)c(C)n1CC(F)(F)F. The molecule has 0 aliphatic rings. The van der Waals surface area contributed by atoms with Gasteiger partial charge in [-0.3, -0.25) is 14.5 Å². The Kier molecular flexibility index (Phi) is 5.39. The Morgan fingerprint density at radius 3 is 2.36 bits per heavy atom. The summed E-state index contributed by atoms with van der Waals surface area (Å²) in [5.41, 5.74) is 0.759. The summed E-state index contributed by atoms with van der Waals surface area (Å²) in [6.45, 7) is 3.05. The van der Waals surface area contributed by atoms with Crippen LogP contribution in [0.1, 0.15) is 28.7 Å². The van der Waals surface area contributed by atoms with E-state index in [-0.39, 0.29) is 17.8 Å². The number of rotatable bonds is 6. The number of carboxylic acids is 1. The predicted octanol–water partition coefficient (Wildman–Crippen LogP) is 2.25. The fourth-order valence-corrected chi connectivity index (χ4v) is 2.14. The number of aryl methyl sites for hydroxylation is 1. The lowest BCUT2D eigenvalue weighted by molar-refractivity contribution is -0.142. The maximum Gasteiger partial charge on any atom is 0.406 e. The predicted molar refractivity (Wildman–Crippen MR) is 74.0 cm³/mol. The summed E-state index contributed by atoms with van der Waals surface area (Å²) in [5, 5.41) is 8.88. The number of likely N-dealkylation sites (N-methyl/N-ethyl adjacent to an activating group) is 1. The highest BCUT2D eigenvalue weighted by Crippen LogP contribution is 2.23. The van der Waals surface area contributed by atoms with E-state index >= 15 is 0 Å². The summed E-state index contributed by atoms with van der Waals surface area (Å²) in [4.78, 5) is 24.4. The molecule has 22 heavy (non-hydrogen) atoms. The molecule has 0 aliphatic heterocycles. The van der Waals surface area contributed by atoms with Crippen LogP contribution in [-0.2, 0) is 11.3 Å². The number of aliphatic carboxylic acids is 1. The van der Waals surface area contributed by atoms with Crippen molar-refractivity contribution in [3.8, 4) is 0 Å². The standard InChI is InChI=1S/C14H19F3N2O3/c1-8-5-11(9(2)19(8)7-14(15,16)17)12(20)6-18(4)10(3)13(21)22/h5,10H,6-7H2,1-4H3,(H,21,22). The molecule has 0 amide bonds. The van der Waals surface area contributed by atoms with E-state index in [9.17, 15) is 22.8 Å². The Bertz CT molecular complexity index is 579. The molecule has 1 heterocycles. The second kappa shape index (κ2) is 6.51. The third-order valence-electron chi connectivity index (χ3n) is 3.62. The Balaban J connectivity index is 2.96. The first-order valence-corrected chi connectivity index (χ1v) is 6.63. The van der Waals surface area contributed by atoms with E-state index in [0.29, 0.717) is 5.69 Å². The maximum atomic E-state index is 12.5. The van der Waals surface area contributed by atoms with Gasteiger partial charge in [0.1, 0.15) is 12.6 Å². The third kappa shape index (κ3) is 4.33. The van der Waals surface area contributed by atoms with Gasteiger partial charge in [0.15, 0.2) is 5.78 Å². The number of halogens is 3. The van der Waals surface area contributed by atoms with Crippen LogP contribution >= 0.6 is 0 Å². The van der Waals surface area contributed by atoms with Crippen molar-refractivity contribution < 1.29 is 27.9 Å². The van der Waals surface area contributed by atoms with E-state index in [1.165, 1.54) is 38.8 Å². The highest BCUT2D eigenvalue weighted by Gasteiger charge is 2.30. The number of carboxylic acid groups (broad SMARTS) is 1. The van der Waals surface area contributed by atoms with Crippen LogP contribution in [0.15, 0.2) is 6.07 Å². The first-order valence-electron chi connectivity index (χ1n) is 6.63. The number of aromatic nitrogens is 1. The number of carbonyl (C=O) groups is 2. The zero-order valence-electron chi connectivity index (χ0n) is 12.9. The molecule has 5 nitrogen and oxygen atoms in total. The van der Waals surface area contributed by atoms with Gasteiger partial charge < -0.3 is 9.67 Å². The molecule has 0 saturated carbocycles. The van der Waals surface area contributed by atoms with Gasteiger partial charge in [0.2, 0.25) is 0 Å². The average molecular weight is 320 g/mol. The Morgan fingerprint density at radius 1 is 1.36 bits per heavy atom. The van der Waals surface area contributed by atoms with Gasteiger partial charge in [-0.15, -0.1) is 0 Å². The average Bonchev–Trinajstić information content (AvgIpc) is 2.64. The molecule has 0 aromatic carbocycles. The van der Waals surface area contributed by atoms with Gasteiger partial charge in [-0.1, -0.05) is 0 Å². The molecule has 0 bridgehead atoms. The van der Waals surface area contributed by atoms with Gasteiger partial charge in [0.25, 0.3) is 0 Å². The molecule has 1 aromatic rings. The molecule has 0 saturated heterocycles. The number of hydrogen-bond donors (Lipinski definition) is 1. The van der Waals surface area contributed by atoms with Crippen LogP contribution in [-0.4, -0.2) is 52.1 Å². The van der Waals surface area contributed by atoms with Crippen LogP contribution in [0, 0.1) is 13.8 Å². The topological polar surface area (TPSA) is 62.5 Å². The number of alkyl halides is 3. The zero-order chi connectivity index (χ0) is 17.2. The normalized spacial score (nSPS) is 13.5. The van der Waals surface area contributed by atoms with E-state index in [0.717, 1.165) is 4.57 Å². The lowest BCUT2D eigenvalue weighted by atomic mass is 10.1. The Labute approximate surface area is 126 Å². The molecule has 1 rings (SSSR count). The minimum absolute atomic E-state index is 0.177. The Morgan fingerprint density at radius 2 is 1.91 bits per heavy atom. The number of ketones is 1. The second-order valence-electron chi connectivity index (χ2n) is 5.34. The lowest BCUT2D eigenvalue weighted by Gasteiger charge is -2.20. The van der Waals surface area contributed by atoms with Crippen LogP contribution < -0.4 is 0 Å². The monoisotopic (exact) mass is 320 g/mol. The summed E-state index contributed by atoms with van der Waals surface area (Å²) in [5.74, 6) is -1.48. The van der Waals surface area contributed by atoms with Crippen molar-refractivity contribution in [1.82, 2.24) is 9.47 Å². The fourth-order valence-electron chi connectivity index (χ4n) is 2.14. The van der Waals surface area contributed by atoms with E-state index in [2.05, 4.69) is 0 Å². The maximum absolute atomic E-state index is 12.5. The lowest BCUT2D eigenvalue weighted by Crippen LogP contribution is -2.39. The molecule has 0 radical (unpaired) electrons. The number of Topliss-reactive ketones (excluding diaryl/α,β-unsaturated/α-hetero) is 1. The molecular formula is C14H19F3N2O3. The first-order chi connectivity index (χ1) is 9.94. The quantitative estimate of drug-likeness (QED) is 0.817. The molecule has 1 aromatic heterocycles. The molecule has 1 atom stereocenters. The summed E-state index contributed by atoms with van der Waals surface area (Å²) in [7, 11) is 1.48. The van der Waals surface area contributed by atoms with Gasteiger partial charge in [0.05, 0.1) is 6.54 Å². The molecule has 124 valence electrons. The van der Waals surface area contributed by atoms with Crippen molar-refractivity contribution in [3.63, 3.8) is 0 Å². The molecule has 1 N–H and O–H groups in total. The van der Waals surface area contributed by atoms with Gasteiger partial charge in [0, 0.05) is 17.0 Å². The van der Waals surface area contributed by atoms with Gasteiger partial charge in [-0.2, -0.15) is 13.2 Å². The first kappa shape index (κ1) is 18.2. The van der Waals surface area contributed by atoms with E-state index < -0.39 is 30.5 Å². The van der Waals surface area contributed by atoms with Crippen molar-refractivity contribution in [2.45, 2.75) is 39.5 Å². The third-order valence-corrected chi connectivity index (χ3v) is 3.62. The molecule has 0 fully saturated rings.